The molecule has 0 fully saturated rings. The lowest BCUT2D eigenvalue weighted by atomic mass is 10.0. The molecule has 0 aliphatic rings. The van der Waals surface area contributed by atoms with Crippen molar-refractivity contribution in [3.05, 3.63) is 60.2 Å². The Hall–Kier alpha value is -1.85. The summed E-state index contributed by atoms with van der Waals surface area (Å²) < 4.78 is 1.07. The van der Waals surface area contributed by atoms with Crippen LogP contribution in [0.2, 0.25) is 0 Å². The summed E-state index contributed by atoms with van der Waals surface area (Å²) in [7, 11) is 0. The molecule has 2 aromatic carbocycles. The molecule has 5 heteroatoms. The maximum Gasteiger partial charge on any atom is 0.230 e. The summed E-state index contributed by atoms with van der Waals surface area (Å²) in [4.78, 5) is 16.9. The van der Waals surface area contributed by atoms with E-state index in [0.29, 0.717) is 17.3 Å². The SMILES string of the molecule is O=C(Nc1nc2ccccc2s1)C(CS)Cc1ccccc1. The van der Waals surface area contributed by atoms with Gasteiger partial charge in [-0.15, -0.1) is 0 Å². The van der Waals surface area contributed by atoms with Gasteiger partial charge in [0, 0.05) is 5.75 Å². The monoisotopic (exact) mass is 328 g/mol. The van der Waals surface area contributed by atoms with Gasteiger partial charge in [-0.2, -0.15) is 12.6 Å². The van der Waals surface area contributed by atoms with Crippen LogP contribution in [0.25, 0.3) is 10.2 Å². The number of fused-ring (bicyclic) bond motifs is 1. The molecule has 3 rings (SSSR count). The molecule has 1 heterocycles. The van der Waals surface area contributed by atoms with Gasteiger partial charge in [-0.1, -0.05) is 53.8 Å². The topological polar surface area (TPSA) is 42.0 Å². The Bertz CT molecular complexity index is 737. The van der Waals surface area contributed by atoms with E-state index in [1.165, 1.54) is 11.3 Å². The predicted molar refractivity (Wildman–Crippen MR) is 95.7 cm³/mol. The summed E-state index contributed by atoms with van der Waals surface area (Å²) in [6, 6.07) is 17.9. The van der Waals surface area contributed by atoms with Crippen LogP contribution >= 0.6 is 24.0 Å². The van der Waals surface area contributed by atoms with E-state index < -0.39 is 0 Å². The second kappa shape index (κ2) is 6.94. The maximum absolute atomic E-state index is 12.4. The fourth-order valence-corrected chi connectivity index (χ4v) is 3.44. The van der Waals surface area contributed by atoms with Crippen LogP contribution in [0.3, 0.4) is 0 Å². The number of thiol groups is 1. The third-order valence-corrected chi connectivity index (χ3v) is 4.83. The number of rotatable bonds is 5. The van der Waals surface area contributed by atoms with Crippen LogP contribution in [0.15, 0.2) is 54.6 Å². The molecule has 1 amide bonds. The molecule has 0 radical (unpaired) electrons. The molecule has 0 saturated heterocycles. The van der Waals surface area contributed by atoms with Crippen LogP contribution in [-0.2, 0) is 11.2 Å². The highest BCUT2D eigenvalue weighted by molar-refractivity contribution is 7.80. The molecule has 0 aliphatic heterocycles. The summed E-state index contributed by atoms with van der Waals surface area (Å²) in [5.74, 6) is 0.307. The molecule has 3 aromatic rings. The molecule has 1 atom stereocenters. The zero-order chi connectivity index (χ0) is 15.4. The molecule has 1 aromatic heterocycles. The van der Waals surface area contributed by atoms with Crippen molar-refractivity contribution >= 4 is 45.2 Å². The number of thiazole rings is 1. The van der Waals surface area contributed by atoms with E-state index in [-0.39, 0.29) is 11.8 Å². The Morgan fingerprint density at radius 2 is 1.86 bits per heavy atom. The van der Waals surface area contributed by atoms with Crippen molar-refractivity contribution in [1.82, 2.24) is 4.98 Å². The van der Waals surface area contributed by atoms with E-state index in [9.17, 15) is 4.79 Å². The minimum atomic E-state index is -0.169. The summed E-state index contributed by atoms with van der Waals surface area (Å²) in [6.07, 6.45) is 0.682. The highest BCUT2D eigenvalue weighted by atomic mass is 32.1. The standard InChI is InChI=1S/C17H16N2OS2/c20-16(13(11-21)10-12-6-2-1-3-7-12)19-17-18-14-8-4-5-9-15(14)22-17/h1-9,13,21H,10-11H2,(H,18,19,20). The molecule has 0 saturated carbocycles. The van der Waals surface area contributed by atoms with Gasteiger partial charge >= 0.3 is 0 Å². The van der Waals surface area contributed by atoms with E-state index in [1.54, 1.807) is 0 Å². The lowest BCUT2D eigenvalue weighted by molar-refractivity contribution is -0.119. The lowest BCUT2D eigenvalue weighted by Gasteiger charge is -2.13. The summed E-state index contributed by atoms with van der Waals surface area (Å²) in [5, 5.41) is 3.57. The van der Waals surface area contributed by atoms with Gasteiger partial charge < -0.3 is 5.32 Å². The first-order valence-electron chi connectivity index (χ1n) is 7.07. The van der Waals surface area contributed by atoms with Gasteiger partial charge in [-0.05, 0) is 24.1 Å². The predicted octanol–water partition coefficient (Wildman–Crippen LogP) is 4.02. The summed E-state index contributed by atoms with van der Waals surface area (Å²) in [6.45, 7) is 0. The van der Waals surface area contributed by atoms with Gasteiger partial charge in [-0.3, -0.25) is 4.79 Å². The number of hydrogen-bond donors (Lipinski definition) is 2. The number of hydrogen-bond acceptors (Lipinski definition) is 4. The quantitative estimate of drug-likeness (QED) is 0.695. The van der Waals surface area contributed by atoms with Crippen LogP contribution in [0.1, 0.15) is 5.56 Å². The van der Waals surface area contributed by atoms with Crippen LogP contribution in [0.4, 0.5) is 5.13 Å². The molecule has 1 N–H and O–H groups in total. The first kappa shape index (κ1) is 15.1. The van der Waals surface area contributed by atoms with Crippen LogP contribution in [0, 0.1) is 5.92 Å². The van der Waals surface area contributed by atoms with Gasteiger partial charge in [0.15, 0.2) is 5.13 Å². The number of carbonyl (C=O) groups is 1. The Balaban J connectivity index is 1.71. The molecule has 22 heavy (non-hydrogen) atoms. The lowest BCUT2D eigenvalue weighted by Crippen LogP contribution is -2.26. The van der Waals surface area contributed by atoms with Gasteiger partial charge in [0.25, 0.3) is 0 Å². The minimum absolute atomic E-state index is 0.0297. The molecular formula is C17H16N2OS2. The number of anilines is 1. The number of carbonyl (C=O) groups excluding carboxylic acids is 1. The van der Waals surface area contributed by atoms with Crippen molar-refractivity contribution in [1.29, 1.82) is 0 Å². The van der Waals surface area contributed by atoms with Crippen molar-refractivity contribution in [3.63, 3.8) is 0 Å². The van der Waals surface area contributed by atoms with E-state index in [2.05, 4.69) is 22.9 Å². The third-order valence-electron chi connectivity index (χ3n) is 3.44. The van der Waals surface area contributed by atoms with Crippen molar-refractivity contribution < 1.29 is 4.79 Å². The van der Waals surface area contributed by atoms with Crippen molar-refractivity contribution in [2.24, 2.45) is 5.92 Å². The summed E-state index contributed by atoms with van der Waals surface area (Å²) in [5.41, 5.74) is 2.05. The van der Waals surface area contributed by atoms with Crippen LogP contribution in [-0.4, -0.2) is 16.6 Å². The van der Waals surface area contributed by atoms with E-state index in [1.807, 2.05) is 54.6 Å². The van der Waals surface area contributed by atoms with Crippen molar-refractivity contribution in [2.75, 3.05) is 11.1 Å². The summed E-state index contributed by atoms with van der Waals surface area (Å²) >= 11 is 5.82. The molecule has 1 unspecified atom stereocenters. The van der Waals surface area contributed by atoms with Gasteiger partial charge in [-0.25, -0.2) is 4.98 Å². The highest BCUT2D eigenvalue weighted by Gasteiger charge is 2.19. The van der Waals surface area contributed by atoms with Crippen LogP contribution < -0.4 is 5.32 Å². The van der Waals surface area contributed by atoms with Gasteiger partial charge in [0.05, 0.1) is 16.1 Å². The van der Waals surface area contributed by atoms with Crippen molar-refractivity contribution in [2.45, 2.75) is 6.42 Å². The largest absolute Gasteiger partial charge is 0.302 e. The highest BCUT2D eigenvalue weighted by Crippen LogP contribution is 2.26. The fourth-order valence-electron chi connectivity index (χ4n) is 2.27. The Labute approximate surface area is 138 Å². The Morgan fingerprint density at radius 1 is 1.14 bits per heavy atom. The zero-order valence-corrected chi connectivity index (χ0v) is 13.6. The zero-order valence-electron chi connectivity index (χ0n) is 11.9. The maximum atomic E-state index is 12.4. The number of nitrogens with one attached hydrogen (secondary N) is 1. The van der Waals surface area contributed by atoms with E-state index >= 15 is 0 Å². The van der Waals surface area contributed by atoms with Crippen molar-refractivity contribution in [3.8, 4) is 0 Å². The van der Waals surface area contributed by atoms with Gasteiger partial charge in [0.2, 0.25) is 5.91 Å². The third kappa shape index (κ3) is 3.48. The number of benzene rings is 2. The normalized spacial score (nSPS) is 12.2. The molecule has 112 valence electrons. The number of aromatic nitrogens is 1. The molecule has 3 nitrogen and oxygen atoms in total. The first-order valence-corrected chi connectivity index (χ1v) is 8.52. The van der Waals surface area contributed by atoms with Crippen LogP contribution in [0.5, 0.6) is 0 Å². The fraction of sp³-hybridized carbons (Fsp3) is 0.176. The molecule has 0 spiro atoms. The first-order chi connectivity index (χ1) is 10.8. The average molecular weight is 328 g/mol. The smallest absolute Gasteiger partial charge is 0.230 e. The average Bonchev–Trinajstić information content (AvgIpc) is 2.95. The van der Waals surface area contributed by atoms with E-state index in [0.717, 1.165) is 15.8 Å². The number of para-hydroxylation sites is 1. The molecular weight excluding hydrogens is 312 g/mol. The molecule has 0 bridgehead atoms. The molecule has 0 aliphatic carbocycles. The second-order valence-corrected chi connectivity index (χ2v) is 6.44. The minimum Gasteiger partial charge on any atom is -0.302 e. The number of amides is 1. The Morgan fingerprint density at radius 3 is 2.59 bits per heavy atom. The number of nitrogens with zero attached hydrogens (tertiary/aromatic N) is 1. The Kier molecular flexibility index (Phi) is 4.75. The second-order valence-electron chi connectivity index (χ2n) is 5.05. The van der Waals surface area contributed by atoms with E-state index in [4.69, 9.17) is 0 Å². The van der Waals surface area contributed by atoms with Gasteiger partial charge in [0.1, 0.15) is 0 Å².